The van der Waals surface area contributed by atoms with Crippen molar-refractivity contribution in [3.05, 3.63) is 71.3 Å². The Bertz CT molecular complexity index is 704. The molecular formula is C20H24N4S. The van der Waals surface area contributed by atoms with E-state index >= 15 is 0 Å². The first kappa shape index (κ1) is 17.7. The predicted molar refractivity (Wildman–Crippen MR) is 108 cm³/mol. The van der Waals surface area contributed by atoms with Crippen LogP contribution in [-0.4, -0.2) is 29.4 Å². The Morgan fingerprint density at radius 3 is 2.44 bits per heavy atom. The highest BCUT2D eigenvalue weighted by Gasteiger charge is 2.11. The largest absolute Gasteiger partial charge is 0.377 e. The smallest absolute Gasteiger partial charge is 0.180 e. The Morgan fingerprint density at radius 2 is 1.72 bits per heavy atom. The zero-order valence-electron chi connectivity index (χ0n) is 14.3. The third-order valence-corrected chi connectivity index (χ3v) is 5.03. The van der Waals surface area contributed by atoms with Crippen molar-refractivity contribution < 1.29 is 0 Å². The zero-order valence-corrected chi connectivity index (χ0v) is 15.2. The van der Waals surface area contributed by atoms with Gasteiger partial charge in [-0.15, -0.1) is 5.10 Å². The molecule has 0 aromatic heterocycles. The Hall–Kier alpha value is -2.11. The quantitative estimate of drug-likeness (QED) is 0.488. The lowest BCUT2D eigenvalue weighted by molar-refractivity contribution is 0.331. The fourth-order valence-electron chi connectivity index (χ4n) is 2.82. The van der Waals surface area contributed by atoms with Crippen molar-refractivity contribution in [1.29, 1.82) is 0 Å². The minimum atomic E-state index is 0.478. The number of nitrogens with zero attached hydrogens (tertiary/aromatic N) is 3. The molecule has 2 N–H and O–H groups in total. The van der Waals surface area contributed by atoms with Crippen LogP contribution in [0.1, 0.15) is 29.5 Å². The van der Waals surface area contributed by atoms with Gasteiger partial charge in [0.25, 0.3) is 0 Å². The molecule has 4 nitrogen and oxygen atoms in total. The van der Waals surface area contributed by atoms with E-state index in [4.69, 9.17) is 5.73 Å². The molecule has 1 saturated heterocycles. The second kappa shape index (κ2) is 9.39. The van der Waals surface area contributed by atoms with Crippen molar-refractivity contribution in [2.24, 2.45) is 15.9 Å². The van der Waals surface area contributed by atoms with E-state index in [0.717, 1.165) is 17.9 Å². The number of thioether (sulfide) groups is 1. The Balaban J connectivity index is 1.47. The van der Waals surface area contributed by atoms with Crippen LogP contribution in [0.4, 0.5) is 0 Å². The molecule has 1 heterocycles. The highest BCUT2D eigenvalue weighted by Crippen LogP contribution is 2.13. The zero-order chi connectivity index (χ0) is 17.3. The fourth-order valence-corrected chi connectivity index (χ4v) is 3.43. The fraction of sp³-hybridized carbons (Fsp3) is 0.300. The molecule has 0 aliphatic carbocycles. The van der Waals surface area contributed by atoms with E-state index in [1.165, 1.54) is 48.8 Å². The SMILES string of the molecule is NC(=NN=Cc1ccc(CN2CCCC2)cc1)SCc1ccccc1. The number of benzene rings is 2. The first-order valence-electron chi connectivity index (χ1n) is 8.64. The van der Waals surface area contributed by atoms with E-state index in [0.29, 0.717) is 5.17 Å². The average molecular weight is 353 g/mol. The molecule has 0 bridgehead atoms. The summed E-state index contributed by atoms with van der Waals surface area (Å²) in [5.74, 6) is 0.802. The van der Waals surface area contributed by atoms with Crippen molar-refractivity contribution in [2.45, 2.75) is 25.1 Å². The van der Waals surface area contributed by atoms with Crippen LogP contribution >= 0.6 is 11.8 Å². The van der Waals surface area contributed by atoms with Crippen molar-refractivity contribution in [3.63, 3.8) is 0 Å². The molecule has 25 heavy (non-hydrogen) atoms. The Morgan fingerprint density at radius 1 is 1.00 bits per heavy atom. The van der Waals surface area contributed by atoms with Gasteiger partial charge in [0.15, 0.2) is 5.17 Å². The van der Waals surface area contributed by atoms with Gasteiger partial charge in [0.2, 0.25) is 0 Å². The van der Waals surface area contributed by atoms with Gasteiger partial charge >= 0.3 is 0 Å². The highest BCUT2D eigenvalue weighted by molar-refractivity contribution is 8.13. The third kappa shape index (κ3) is 6.03. The van der Waals surface area contributed by atoms with Gasteiger partial charge in [-0.25, -0.2) is 0 Å². The van der Waals surface area contributed by atoms with E-state index in [2.05, 4.69) is 51.5 Å². The lowest BCUT2D eigenvalue weighted by Crippen LogP contribution is -2.18. The van der Waals surface area contributed by atoms with Gasteiger partial charge in [-0.1, -0.05) is 66.4 Å². The second-order valence-corrected chi connectivity index (χ2v) is 7.18. The Labute approximate surface area is 153 Å². The number of nitrogens with two attached hydrogens (primary N) is 1. The Kier molecular flexibility index (Phi) is 6.65. The van der Waals surface area contributed by atoms with Gasteiger partial charge in [0.1, 0.15) is 0 Å². The third-order valence-electron chi connectivity index (χ3n) is 4.18. The standard InChI is InChI=1S/C20H24N4S/c21-20(25-16-19-6-2-1-3-7-19)23-22-14-17-8-10-18(11-9-17)15-24-12-4-5-13-24/h1-3,6-11,14H,4-5,12-13,15-16H2,(H2,21,23). The van der Waals surface area contributed by atoms with Crippen LogP contribution in [0.25, 0.3) is 0 Å². The lowest BCUT2D eigenvalue weighted by atomic mass is 10.1. The monoisotopic (exact) mass is 352 g/mol. The number of hydrogen-bond donors (Lipinski definition) is 1. The molecule has 0 unspecified atom stereocenters. The summed E-state index contributed by atoms with van der Waals surface area (Å²) in [6.45, 7) is 3.48. The van der Waals surface area contributed by atoms with Crippen molar-refractivity contribution in [3.8, 4) is 0 Å². The number of hydrogen-bond acceptors (Lipinski definition) is 4. The molecule has 5 heteroatoms. The molecule has 2 aromatic rings. The lowest BCUT2D eigenvalue weighted by Gasteiger charge is -2.14. The van der Waals surface area contributed by atoms with Gasteiger partial charge in [-0.2, -0.15) is 5.10 Å². The van der Waals surface area contributed by atoms with Crippen LogP contribution in [0.2, 0.25) is 0 Å². The number of amidine groups is 1. The summed E-state index contributed by atoms with van der Waals surface area (Å²) in [6.07, 6.45) is 4.40. The van der Waals surface area contributed by atoms with Crippen molar-refractivity contribution in [1.82, 2.24) is 4.90 Å². The normalized spacial score (nSPS) is 15.9. The summed E-state index contributed by atoms with van der Waals surface area (Å²) < 4.78 is 0. The van der Waals surface area contributed by atoms with Gasteiger partial charge in [0.05, 0.1) is 6.21 Å². The van der Waals surface area contributed by atoms with Gasteiger partial charge in [-0.3, -0.25) is 4.90 Å². The molecular weight excluding hydrogens is 328 g/mol. The second-order valence-electron chi connectivity index (χ2n) is 6.18. The highest BCUT2D eigenvalue weighted by atomic mass is 32.2. The molecule has 0 saturated carbocycles. The summed E-state index contributed by atoms with van der Waals surface area (Å²) in [7, 11) is 0. The molecule has 0 atom stereocenters. The van der Waals surface area contributed by atoms with E-state index in [-0.39, 0.29) is 0 Å². The summed E-state index contributed by atoms with van der Waals surface area (Å²) in [6, 6.07) is 18.7. The minimum Gasteiger partial charge on any atom is -0.377 e. The van der Waals surface area contributed by atoms with Gasteiger partial charge in [0, 0.05) is 12.3 Å². The summed E-state index contributed by atoms with van der Waals surface area (Å²) in [4.78, 5) is 2.50. The van der Waals surface area contributed by atoms with Crippen LogP contribution < -0.4 is 5.73 Å². The number of rotatable bonds is 6. The van der Waals surface area contributed by atoms with Crippen LogP contribution in [0, 0.1) is 0 Å². The van der Waals surface area contributed by atoms with Gasteiger partial charge < -0.3 is 5.73 Å². The van der Waals surface area contributed by atoms with Crippen molar-refractivity contribution >= 4 is 23.1 Å². The average Bonchev–Trinajstić information content (AvgIpc) is 3.15. The maximum atomic E-state index is 5.89. The van der Waals surface area contributed by atoms with Crippen LogP contribution in [0.15, 0.2) is 64.8 Å². The molecule has 3 rings (SSSR count). The van der Waals surface area contributed by atoms with E-state index in [1.54, 1.807) is 6.21 Å². The molecule has 2 aromatic carbocycles. The van der Waals surface area contributed by atoms with E-state index < -0.39 is 0 Å². The molecule has 1 aliphatic heterocycles. The minimum absolute atomic E-state index is 0.478. The molecule has 0 radical (unpaired) electrons. The van der Waals surface area contributed by atoms with E-state index in [9.17, 15) is 0 Å². The maximum Gasteiger partial charge on any atom is 0.180 e. The summed E-state index contributed by atoms with van der Waals surface area (Å²) >= 11 is 1.49. The first-order valence-corrected chi connectivity index (χ1v) is 9.63. The summed E-state index contributed by atoms with van der Waals surface area (Å²) in [5, 5.41) is 8.63. The molecule has 130 valence electrons. The topological polar surface area (TPSA) is 54.0 Å². The van der Waals surface area contributed by atoms with Gasteiger partial charge in [-0.05, 0) is 42.6 Å². The van der Waals surface area contributed by atoms with Crippen LogP contribution in [0.3, 0.4) is 0 Å². The predicted octanol–water partition coefficient (Wildman–Crippen LogP) is 3.86. The first-order chi connectivity index (χ1) is 12.3. The van der Waals surface area contributed by atoms with Crippen LogP contribution in [-0.2, 0) is 12.3 Å². The molecule has 0 amide bonds. The van der Waals surface area contributed by atoms with Crippen molar-refractivity contribution in [2.75, 3.05) is 13.1 Å². The molecule has 1 aliphatic rings. The number of likely N-dealkylation sites (tertiary alicyclic amines) is 1. The van der Waals surface area contributed by atoms with Crippen LogP contribution in [0.5, 0.6) is 0 Å². The maximum absolute atomic E-state index is 5.89. The van der Waals surface area contributed by atoms with E-state index in [1.807, 2.05) is 18.2 Å². The molecule has 0 spiro atoms. The molecule has 1 fully saturated rings. The summed E-state index contributed by atoms with van der Waals surface area (Å²) in [5.41, 5.74) is 9.50.